The van der Waals surface area contributed by atoms with Crippen molar-refractivity contribution in [1.29, 1.82) is 0 Å². The van der Waals surface area contributed by atoms with E-state index in [0.29, 0.717) is 6.42 Å². The van der Waals surface area contributed by atoms with E-state index in [-0.39, 0.29) is 11.9 Å². The Morgan fingerprint density at radius 2 is 2.50 bits per heavy atom. The summed E-state index contributed by atoms with van der Waals surface area (Å²) in [6.07, 6.45) is 7.59. The Bertz CT molecular complexity index is 272. The van der Waals surface area contributed by atoms with E-state index >= 15 is 0 Å². The molecule has 1 fully saturated rings. The van der Waals surface area contributed by atoms with Crippen molar-refractivity contribution in [2.75, 3.05) is 19.6 Å². The van der Waals surface area contributed by atoms with Crippen LogP contribution in [-0.4, -0.2) is 42.5 Å². The van der Waals surface area contributed by atoms with E-state index in [1.165, 1.54) is 0 Å². The van der Waals surface area contributed by atoms with Crippen molar-refractivity contribution in [2.45, 2.75) is 38.3 Å². The first-order valence-electron chi connectivity index (χ1n) is 5.89. The normalized spacial score (nSPS) is 23.4. The highest BCUT2D eigenvalue weighted by Crippen LogP contribution is 2.09. The zero-order valence-corrected chi connectivity index (χ0v) is 9.91. The number of terminal acetylenes is 1. The van der Waals surface area contributed by atoms with E-state index in [9.17, 15) is 4.79 Å². The first-order valence-corrected chi connectivity index (χ1v) is 5.89. The lowest BCUT2D eigenvalue weighted by atomic mass is 10.1. The smallest absolute Gasteiger partial charge is 0.238 e. The van der Waals surface area contributed by atoms with Gasteiger partial charge in [-0.15, -0.1) is 12.3 Å². The first kappa shape index (κ1) is 13.0. The number of rotatable bonds is 4. The molecule has 4 heteroatoms. The number of nitrogens with two attached hydrogens (primary N) is 1. The summed E-state index contributed by atoms with van der Waals surface area (Å²) in [7, 11) is 0. The van der Waals surface area contributed by atoms with Gasteiger partial charge in [0.1, 0.15) is 0 Å². The molecule has 2 unspecified atom stereocenters. The number of likely N-dealkylation sites (tertiary alicyclic amines) is 1. The number of carbonyl (C=O) groups is 1. The maximum atomic E-state index is 11.6. The van der Waals surface area contributed by atoms with Gasteiger partial charge in [-0.25, -0.2) is 0 Å². The fraction of sp³-hybridized carbons (Fsp3) is 0.750. The molecule has 0 saturated carbocycles. The third-order valence-corrected chi connectivity index (χ3v) is 2.97. The third-order valence-electron chi connectivity index (χ3n) is 2.97. The summed E-state index contributed by atoms with van der Waals surface area (Å²) in [6.45, 7) is 5.21. The molecule has 2 atom stereocenters. The van der Waals surface area contributed by atoms with Crippen LogP contribution in [0.3, 0.4) is 0 Å². The molecule has 1 aliphatic heterocycles. The minimum Gasteiger partial charge on any atom is -0.351 e. The monoisotopic (exact) mass is 223 g/mol. The van der Waals surface area contributed by atoms with E-state index in [2.05, 4.69) is 23.1 Å². The van der Waals surface area contributed by atoms with Crippen LogP contribution in [0.5, 0.6) is 0 Å². The van der Waals surface area contributed by atoms with E-state index in [0.717, 1.165) is 32.5 Å². The lowest BCUT2D eigenvalue weighted by molar-refractivity contribution is -0.123. The van der Waals surface area contributed by atoms with Gasteiger partial charge < -0.3 is 16.0 Å². The molecule has 16 heavy (non-hydrogen) atoms. The predicted molar refractivity (Wildman–Crippen MR) is 64.7 cm³/mol. The van der Waals surface area contributed by atoms with Gasteiger partial charge >= 0.3 is 0 Å². The molecule has 1 heterocycles. The summed E-state index contributed by atoms with van der Waals surface area (Å²) in [5.74, 6) is 2.29. The topological polar surface area (TPSA) is 58.4 Å². The zero-order chi connectivity index (χ0) is 12.0. The van der Waals surface area contributed by atoms with Gasteiger partial charge in [0.15, 0.2) is 0 Å². The number of amides is 1. The van der Waals surface area contributed by atoms with Crippen LogP contribution in [0.1, 0.15) is 26.2 Å². The summed E-state index contributed by atoms with van der Waals surface area (Å²) in [6, 6.07) is -0.341. The number of piperidine rings is 1. The standard InChI is InChI=1S/C12H21N3O/c1-3-6-11(13)12(16)14-10-7-5-8-15(4-2)9-10/h1,10-11H,4-9,13H2,2H3,(H,14,16). The van der Waals surface area contributed by atoms with Crippen molar-refractivity contribution in [3.05, 3.63) is 0 Å². The second-order valence-corrected chi connectivity index (χ2v) is 4.26. The summed E-state index contributed by atoms with van der Waals surface area (Å²) in [5, 5.41) is 2.97. The van der Waals surface area contributed by atoms with Gasteiger partial charge in [0, 0.05) is 19.0 Å². The average Bonchev–Trinajstić information content (AvgIpc) is 2.29. The Labute approximate surface area is 97.6 Å². The van der Waals surface area contributed by atoms with Gasteiger partial charge in [0.2, 0.25) is 5.91 Å². The van der Waals surface area contributed by atoms with Crippen molar-refractivity contribution in [3.8, 4) is 12.3 Å². The Hall–Kier alpha value is -1.05. The van der Waals surface area contributed by atoms with E-state index in [1.54, 1.807) is 0 Å². The van der Waals surface area contributed by atoms with Gasteiger partial charge in [-0.2, -0.15) is 0 Å². The molecule has 1 saturated heterocycles. The van der Waals surface area contributed by atoms with Crippen LogP contribution in [0.15, 0.2) is 0 Å². The Morgan fingerprint density at radius 3 is 3.12 bits per heavy atom. The number of hydrogen-bond donors (Lipinski definition) is 2. The Balaban J connectivity index is 2.36. The van der Waals surface area contributed by atoms with Crippen molar-refractivity contribution in [1.82, 2.24) is 10.2 Å². The molecular weight excluding hydrogens is 202 g/mol. The number of likely N-dealkylation sites (N-methyl/N-ethyl adjacent to an activating group) is 1. The Kier molecular flexibility index (Phi) is 5.30. The molecule has 4 nitrogen and oxygen atoms in total. The number of carbonyl (C=O) groups excluding carboxylic acids is 1. The van der Waals surface area contributed by atoms with Gasteiger partial charge in [-0.1, -0.05) is 6.92 Å². The summed E-state index contributed by atoms with van der Waals surface area (Å²) in [5.41, 5.74) is 5.64. The second kappa shape index (κ2) is 6.51. The predicted octanol–water partition coefficient (Wildman–Crippen LogP) is -0.0625. The van der Waals surface area contributed by atoms with Crippen LogP contribution < -0.4 is 11.1 Å². The van der Waals surface area contributed by atoms with Gasteiger partial charge in [0.05, 0.1) is 6.04 Å². The molecule has 0 aromatic heterocycles. The molecular formula is C12H21N3O. The first-order chi connectivity index (χ1) is 7.67. The highest BCUT2D eigenvalue weighted by atomic mass is 16.2. The fourth-order valence-electron chi connectivity index (χ4n) is 1.99. The lowest BCUT2D eigenvalue weighted by Gasteiger charge is -2.32. The molecule has 1 amide bonds. The van der Waals surface area contributed by atoms with Crippen LogP contribution in [0.2, 0.25) is 0 Å². The SMILES string of the molecule is C#CCC(N)C(=O)NC1CCCN(CC)C1. The van der Waals surface area contributed by atoms with Crippen molar-refractivity contribution >= 4 is 5.91 Å². The van der Waals surface area contributed by atoms with Crippen LogP contribution in [0.4, 0.5) is 0 Å². The Morgan fingerprint density at radius 1 is 1.75 bits per heavy atom. The van der Waals surface area contributed by atoms with Crippen LogP contribution in [0.25, 0.3) is 0 Å². The molecule has 0 radical (unpaired) electrons. The van der Waals surface area contributed by atoms with Gasteiger partial charge in [-0.3, -0.25) is 4.79 Å². The summed E-state index contributed by atoms with van der Waals surface area (Å²) < 4.78 is 0. The maximum Gasteiger partial charge on any atom is 0.238 e. The highest BCUT2D eigenvalue weighted by Gasteiger charge is 2.22. The molecule has 0 aliphatic carbocycles. The maximum absolute atomic E-state index is 11.6. The second-order valence-electron chi connectivity index (χ2n) is 4.26. The minimum atomic E-state index is -0.568. The lowest BCUT2D eigenvalue weighted by Crippen LogP contribution is -2.51. The molecule has 3 N–H and O–H groups in total. The van der Waals surface area contributed by atoms with Crippen LogP contribution >= 0.6 is 0 Å². The average molecular weight is 223 g/mol. The number of nitrogens with one attached hydrogen (secondary N) is 1. The van der Waals surface area contributed by atoms with E-state index in [1.807, 2.05) is 0 Å². The summed E-state index contributed by atoms with van der Waals surface area (Å²) in [4.78, 5) is 14.0. The van der Waals surface area contributed by atoms with Gasteiger partial charge in [-0.05, 0) is 25.9 Å². The molecule has 0 spiro atoms. The van der Waals surface area contributed by atoms with Gasteiger partial charge in [0.25, 0.3) is 0 Å². The highest BCUT2D eigenvalue weighted by molar-refractivity contribution is 5.82. The molecule has 90 valence electrons. The number of nitrogens with zero attached hydrogens (tertiary/aromatic N) is 1. The quantitative estimate of drug-likeness (QED) is 0.656. The molecule has 1 aliphatic rings. The molecule has 0 aromatic rings. The van der Waals surface area contributed by atoms with Crippen molar-refractivity contribution < 1.29 is 4.79 Å². The third kappa shape index (κ3) is 3.84. The van der Waals surface area contributed by atoms with E-state index in [4.69, 9.17) is 12.2 Å². The number of hydrogen-bond acceptors (Lipinski definition) is 3. The van der Waals surface area contributed by atoms with E-state index < -0.39 is 6.04 Å². The molecule has 1 rings (SSSR count). The fourth-order valence-corrected chi connectivity index (χ4v) is 1.99. The largest absolute Gasteiger partial charge is 0.351 e. The van der Waals surface area contributed by atoms with Crippen LogP contribution in [0, 0.1) is 12.3 Å². The van der Waals surface area contributed by atoms with Crippen molar-refractivity contribution in [3.63, 3.8) is 0 Å². The molecule has 0 aromatic carbocycles. The minimum absolute atomic E-state index is 0.124. The zero-order valence-electron chi connectivity index (χ0n) is 9.91. The van der Waals surface area contributed by atoms with Crippen LogP contribution in [-0.2, 0) is 4.79 Å². The van der Waals surface area contributed by atoms with Crippen molar-refractivity contribution in [2.24, 2.45) is 5.73 Å². The molecule has 0 bridgehead atoms. The summed E-state index contributed by atoms with van der Waals surface area (Å²) >= 11 is 0.